The average Bonchev–Trinajstić information content (AvgIpc) is 2.82. The number of hydrogen-bond donors (Lipinski definition) is 1. The van der Waals surface area contributed by atoms with Crippen molar-refractivity contribution in [3.05, 3.63) is 0 Å². The highest BCUT2D eigenvalue weighted by atomic mass is 16.5. The number of likely N-dealkylation sites (tertiary alicyclic amines) is 1. The van der Waals surface area contributed by atoms with Crippen LogP contribution >= 0.6 is 0 Å². The molecule has 0 amide bonds. The molecule has 0 spiro atoms. The summed E-state index contributed by atoms with van der Waals surface area (Å²) in [6.07, 6.45) is 3.91. The van der Waals surface area contributed by atoms with Crippen LogP contribution in [0.4, 0.5) is 0 Å². The van der Waals surface area contributed by atoms with Gasteiger partial charge in [-0.1, -0.05) is 6.92 Å². The third-order valence-corrected chi connectivity index (χ3v) is 4.21. The minimum atomic E-state index is 0.610. The molecule has 0 aromatic heterocycles. The number of hydrogen-bond acceptors (Lipinski definition) is 3. The number of ether oxygens (including phenoxy) is 1. The van der Waals surface area contributed by atoms with Gasteiger partial charge >= 0.3 is 0 Å². The normalized spacial score (nSPS) is 30.8. The SMILES string of the molecule is CCN1CCC(C(C)NC2CCOC2)CC1. The molecule has 2 saturated heterocycles. The quantitative estimate of drug-likeness (QED) is 0.786. The topological polar surface area (TPSA) is 24.5 Å². The Bertz CT molecular complexity index is 196. The van der Waals surface area contributed by atoms with Crippen molar-refractivity contribution in [1.82, 2.24) is 10.2 Å². The average molecular weight is 226 g/mol. The second-order valence-corrected chi connectivity index (χ2v) is 5.29. The Morgan fingerprint density at radius 1 is 1.31 bits per heavy atom. The molecule has 0 radical (unpaired) electrons. The maximum atomic E-state index is 5.41. The number of rotatable bonds is 4. The highest BCUT2D eigenvalue weighted by molar-refractivity contribution is 4.83. The van der Waals surface area contributed by atoms with Gasteiger partial charge in [-0.05, 0) is 51.7 Å². The van der Waals surface area contributed by atoms with Crippen molar-refractivity contribution in [1.29, 1.82) is 0 Å². The highest BCUT2D eigenvalue weighted by Gasteiger charge is 2.25. The summed E-state index contributed by atoms with van der Waals surface area (Å²) in [4.78, 5) is 2.56. The van der Waals surface area contributed by atoms with Gasteiger partial charge in [-0.15, -0.1) is 0 Å². The van der Waals surface area contributed by atoms with E-state index in [0.717, 1.165) is 19.1 Å². The summed E-state index contributed by atoms with van der Waals surface area (Å²) in [5, 5.41) is 3.74. The number of piperidine rings is 1. The zero-order valence-corrected chi connectivity index (χ0v) is 10.7. The van der Waals surface area contributed by atoms with E-state index in [1.807, 2.05) is 0 Å². The maximum absolute atomic E-state index is 5.41. The predicted octanol–water partition coefficient (Wildman–Crippen LogP) is 1.49. The van der Waals surface area contributed by atoms with E-state index in [1.165, 1.54) is 38.9 Å². The monoisotopic (exact) mass is 226 g/mol. The van der Waals surface area contributed by atoms with Crippen LogP contribution < -0.4 is 5.32 Å². The van der Waals surface area contributed by atoms with E-state index >= 15 is 0 Å². The molecule has 2 aliphatic heterocycles. The van der Waals surface area contributed by atoms with Gasteiger partial charge in [0.25, 0.3) is 0 Å². The van der Waals surface area contributed by atoms with Crippen molar-refractivity contribution in [2.75, 3.05) is 32.8 Å². The van der Waals surface area contributed by atoms with Crippen LogP contribution in [-0.4, -0.2) is 49.8 Å². The Kier molecular flexibility index (Phi) is 4.62. The maximum Gasteiger partial charge on any atom is 0.0620 e. The van der Waals surface area contributed by atoms with Gasteiger partial charge in [0, 0.05) is 18.7 Å². The fraction of sp³-hybridized carbons (Fsp3) is 1.00. The first-order chi connectivity index (χ1) is 7.79. The Labute approximate surface area is 99.5 Å². The molecule has 1 N–H and O–H groups in total. The van der Waals surface area contributed by atoms with Crippen LogP contribution in [0.1, 0.15) is 33.1 Å². The van der Waals surface area contributed by atoms with Crippen molar-refractivity contribution in [3.63, 3.8) is 0 Å². The van der Waals surface area contributed by atoms with Crippen LogP contribution in [0.2, 0.25) is 0 Å². The molecule has 0 aliphatic carbocycles. The summed E-state index contributed by atoms with van der Waals surface area (Å²) in [6.45, 7) is 10.3. The molecule has 0 aromatic rings. The van der Waals surface area contributed by atoms with Gasteiger partial charge < -0.3 is 15.0 Å². The van der Waals surface area contributed by atoms with Gasteiger partial charge in [0.05, 0.1) is 6.61 Å². The molecule has 2 unspecified atom stereocenters. The van der Waals surface area contributed by atoms with E-state index in [1.54, 1.807) is 0 Å². The molecule has 3 nitrogen and oxygen atoms in total. The molecule has 0 aromatic carbocycles. The second kappa shape index (κ2) is 5.99. The molecule has 2 aliphatic rings. The summed E-state index contributed by atoms with van der Waals surface area (Å²) in [5.41, 5.74) is 0. The third kappa shape index (κ3) is 3.19. The second-order valence-electron chi connectivity index (χ2n) is 5.29. The Morgan fingerprint density at radius 3 is 2.62 bits per heavy atom. The van der Waals surface area contributed by atoms with Crippen LogP contribution in [0.25, 0.3) is 0 Å². The fourth-order valence-corrected chi connectivity index (χ4v) is 2.94. The Morgan fingerprint density at radius 2 is 2.06 bits per heavy atom. The van der Waals surface area contributed by atoms with Crippen LogP contribution in [-0.2, 0) is 4.74 Å². The summed E-state index contributed by atoms with van der Waals surface area (Å²) in [5.74, 6) is 0.864. The standard InChI is InChI=1S/C13H26N2O/c1-3-15-7-4-12(5-8-15)11(2)14-13-6-9-16-10-13/h11-14H,3-10H2,1-2H3. The first-order valence-corrected chi connectivity index (χ1v) is 6.85. The largest absolute Gasteiger partial charge is 0.380 e. The Balaban J connectivity index is 1.70. The number of nitrogens with zero attached hydrogens (tertiary/aromatic N) is 1. The van der Waals surface area contributed by atoms with Gasteiger partial charge in [-0.2, -0.15) is 0 Å². The zero-order chi connectivity index (χ0) is 11.4. The van der Waals surface area contributed by atoms with Crippen molar-refractivity contribution >= 4 is 0 Å². The first-order valence-electron chi connectivity index (χ1n) is 6.85. The molecule has 2 rings (SSSR count). The highest BCUT2D eigenvalue weighted by Crippen LogP contribution is 2.21. The lowest BCUT2D eigenvalue weighted by atomic mass is 9.90. The summed E-state index contributed by atoms with van der Waals surface area (Å²) in [7, 11) is 0. The molecule has 2 heterocycles. The third-order valence-electron chi connectivity index (χ3n) is 4.21. The predicted molar refractivity (Wildman–Crippen MR) is 66.7 cm³/mol. The lowest BCUT2D eigenvalue weighted by Crippen LogP contribution is -2.45. The molecule has 0 saturated carbocycles. The molecule has 2 atom stereocenters. The molecule has 94 valence electrons. The first kappa shape index (κ1) is 12.3. The molecule has 16 heavy (non-hydrogen) atoms. The van der Waals surface area contributed by atoms with E-state index in [4.69, 9.17) is 4.74 Å². The molecular formula is C13H26N2O. The van der Waals surface area contributed by atoms with Crippen molar-refractivity contribution in [2.24, 2.45) is 5.92 Å². The van der Waals surface area contributed by atoms with E-state index in [9.17, 15) is 0 Å². The zero-order valence-electron chi connectivity index (χ0n) is 10.7. The van der Waals surface area contributed by atoms with Crippen LogP contribution in [0.15, 0.2) is 0 Å². The van der Waals surface area contributed by atoms with Crippen molar-refractivity contribution < 1.29 is 4.74 Å². The van der Waals surface area contributed by atoms with E-state index in [2.05, 4.69) is 24.1 Å². The van der Waals surface area contributed by atoms with Crippen LogP contribution in [0, 0.1) is 5.92 Å². The van der Waals surface area contributed by atoms with E-state index in [-0.39, 0.29) is 0 Å². The lowest BCUT2D eigenvalue weighted by molar-refractivity contribution is 0.156. The van der Waals surface area contributed by atoms with Gasteiger partial charge in [0.1, 0.15) is 0 Å². The van der Waals surface area contributed by atoms with Gasteiger partial charge in [0.2, 0.25) is 0 Å². The Hall–Kier alpha value is -0.120. The molecule has 0 bridgehead atoms. The van der Waals surface area contributed by atoms with Gasteiger partial charge in [-0.3, -0.25) is 0 Å². The van der Waals surface area contributed by atoms with Crippen LogP contribution in [0.3, 0.4) is 0 Å². The number of nitrogens with one attached hydrogen (secondary N) is 1. The summed E-state index contributed by atoms with van der Waals surface area (Å²) >= 11 is 0. The molecule has 3 heteroatoms. The fourth-order valence-electron chi connectivity index (χ4n) is 2.94. The van der Waals surface area contributed by atoms with Gasteiger partial charge in [-0.25, -0.2) is 0 Å². The smallest absolute Gasteiger partial charge is 0.0620 e. The van der Waals surface area contributed by atoms with Crippen molar-refractivity contribution in [2.45, 2.75) is 45.2 Å². The minimum absolute atomic E-state index is 0.610. The van der Waals surface area contributed by atoms with E-state index < -0.39 is 0 Å². The van der Waals surface area contributed by atoms with Crippen LogP contribution in [0.5, 0.6) is 0 Å². The summed E-state index contributed by atoms with van der Waals surface area (Å²) in [6, 6.07) is 1.27. The molecular weight excluding hydrogens is 200 g/mol. The minimum Gasteiger partial charge on any atom is -0.380 e. The van der Waals surface area contributed by atoms with E-state index in [0.29, 0.717) is 12.1 Å². The van der Waals surface area contributed by atoms with Gasteiger partial charge in [0.15, 0.2) is 0 Å². The molecule has 2 fully saturated rings. The summed E-state index contributed by atoms with van der Waals surface area (Å²) < 4.78 is 5.41. The lowest BCUT2D eigenvalue weighted by Gasteiger charge is -2.35. The van der Waals surface area contributed by atoms with Crippen molar-refractivity contribution in [3.8, 4) is 0 Å².